The molecule has 1 aliphatic carbocycles. The molecule has 0 bridgehead atoms. The van der Waals surface area contributed by atoms with Gasteiger partial charge in [-0.2, -0.15) is 4.98 Å². The Morgan fingerprint density at radius 1 is 1.09 bits per heavy atom. The van der Waals surface area contributed by atoms with Crippen LogP contribution in [0.2, 0.25) is 0 Å². The van der Waals surface area contributed by atoms with Gasteiger partial charge in [-0.1, -0.05) is 5.16 Å². The van der Waals surface area contributed by atoms with Crippen molar-refractivity contribution >= 4 is 6.01 Å². The average molecular weight is 303 g/mol. The van der Waals surface area contributed by atoms with E-state index in [0.29, 0.717) is 17.7 Å². The number of ether oxygens (including phenoxy) is 1. The number of aromatic nitrogens is 2. The van der Waals surface area contributed by atoms with E-state index >= 15 is 0 Å². The monoisotopic (exact) mass is 303 g/mol. The number of halogens is 1. The summed E-state index contributed by atoms with van der Waals surface area (Å²) in [4.78, 5) is 6.59. The summed E-state index contributed by atoms with van der Waals surface area (Å²) in [5, 5.41) is 4.05. The molecule has 1 aromatic carbocycles. The van der Waals surface area contributed by atoms with Crippen molar-refractivity contribution in [1.29, 1.82) is 0 Å². The van der Waals surface area contributed by atoms with Gasteiger partial charge in [0.1, 0.15) is 17.7 Å². The van der Waals surface area contributed by atoms with Crippen LogP contribution in [0.5, 0.6) is 5.75 Å². The summed E-state index contributed by atoms with van der Waals surface area (Å²) in [6, 6.07) is 6.80. The molecular weight excluding hydrogens is 285 g/mol. The van der Waals surface area contributed by atoms with Gasteiger partial charge in [0.15, 0.2) is 5.82 Å². The Morgan fingerprint density at radius 3 is 2.50 bits per heavy atom. The Hall–Kier alpha value is -2.11. The van der Waals surface area contributed by atoms with Crippen LogP contribution in [0.4, 0.5) is 10.4 Å². The highest BCUT2D eigenvalue weighted by molar-refractivity contribution is 5.28. The van der Waals surface area contributed by atoms with Gasteiger partial charge in [0, 0.05) is 31.8 Å². The SMILES string of the molecule is Fc1ccc(OC2CCN(c3nc(C4CC4)no3)CC2)cc1. The van der Waals surface area contributed by atoms with Gasteiger partial charge in [0.05, 0.1) is 0 Å². The van der Waals surface area contributed by atoms with E-state index in [9.17, 15) is 4.39 Å². The predicted octanol–water partition coefficient (Wildman–Crippen LogP) is 3.13. The van der Waals surface area contributed by atoms with Crippen LogP contribution in [0.15, 0.2) is 28.8 Å². The van der Waals surface area contributed by atoms with Crippen molar-refractivity contribution in [2.75, 3.05) is 18.0 Å². The Morgan fingerprint density at radius 2 is 1.82 bits per heavy atom. The van der Waals surface area contributed by atoms with Crippen molar-refractivity contribution in [3.63, 3.8) is 0 Å². The molecule has 22 heavy (non-hydrogen) atoms. The summed E-state index contributed by atoms with van der Waals surface area (Å²) in [6.07, 6.45) is 4.27. The molecule has 1 aliphatic heterocycles. The van der Waals surface area contributed by atoms with Crippen LogP contribution in [-0.2, 0) is 0 Å². The van der Waals surface area contributed by atoms with Crippen LogP contribution >= 0.6 is 0 Å². The lowest BCUT2D eigenvalue weighted by molar-refractivity contribution is 0.168. The van der Waals surface area contributed by atoms with Crippen LogP contribution in [-0.4, -0.2) is 29.3 Å². The third-order valence-corrected chi connectivity index (χ3v) is 4.20. The number of hydrogen-bond donors (Lipinski definition) is 0. The maximum Gasteiger partial charge on any atom is 0.324 e. The van der Waals surface area contributed by atoms with Crippen LogP contribution in [0.25, 0.3) is 0 Å². The van der Waals surface area contributed by atoms with Gasteiger partial charge in [0.25, 0.3) is 0 Å². The first-order valence-corrected chi connectivity index (χ1v) is 7.79. The zero-order valence-corrected chi connectivity index (χ0v) is 12.2. The molecule has 2 heterocycles. The molecule has 5 nitrogen and oxygen atoms in total. The van der Waals surface area contributed by atoms with Crippen LogP contribution in [0.3, 0.4) is 0 Å². The zero-order valence-electron chi connectivity index (χ0n) is 12.2. The number of benzene rings is 1. The average Bonchev–Trinajstić information content (AvgIpc) is 3.28. The molecule has 2 aliphatic rings. The van der Waals surface area contributed by atoms with Crippen molar-refractivity contribution in [2.45, 2.75) is 37.7 Å². The van der Waals surface area contributed by atoms with Crippen LogP contribution < -0.4 is 9.64 Å². The Balaban J connectivity index is 1.32. The molecule has 0 unspecified atom stereocenters. The van der Waals surface area contributed by atoms with E-state index in [1.807, 2.05) is 0 Å². The zero-order chi connectivity index (χ0) is 14.9. The third-order valence-electron chi connectivity index (χ3n) is 4.20. The second-order valence-corrected chi connectivity index (χ2v) is 5.97. The van der Waals surface area contributed by atoms with E-state index in [1.165, 1.54) is 25.0 Å². The predicted molar refractivity (Wildman–Crippen MR) is 78.5 cm³/mol. The summed E-state index contributed by atoms with van der Waals surface area (Å²) in [6.45, 7) is 1.66. The Labute approximate surface area is 128 Å². The molecule has 0 N–H and O–H groups in total. The van der Waals surface area contributed by atoms with Gasteiger partial charge >= 0.3 is 6.01 Å². The Kier molecular flexibility index (Phi) is 3.44. The van der Waals surface area contributed by atoms with Crippen LogP contribution in [0.1, 0.15) is 37.4 Å². The molecule has 2 aromatic rings. The molecule has 0 amide bonds. The smallest absolute Gasteiger partial charge is 0.324 e. The topological polar surface area (TPSA) is 51.4 Å². The maximum absolute atomic E-state index is 12.9. The lowest BCUT2D eigenvalue weighted by Gasteiger charge is -2.30. The summed E-state index contributed by atoms with van der Waals surface area (Å²) in [7, 11) is 0. The summed E-state index contributed by atoms with van der Waals surface area (Å²) in [5.41, 5.74) is 0. The van der Waals surface area contributed by atoms with E-state index in [0.717, 1.165) is 31.8 Å². The van der Waals surface area contributed by atoms with Crippen molar-refractivity contribution in [3.05, 3.63) is 35.9 Å². The standard InChI is InChI=1S/C16H18FN3O2/c17-12-3-5-13(6-4-12)21-14-7-9-20(10-8-14)16-18-15(19-22-16)11-1-2-11/h3-6,11,14H,1-2,7-10H2. The lowest BCUT2D eigenvalue weighted by Crippen LogP contribution is -2.38. The summed E-state index contributed by atoms with van der Waals surface area (Å²) >= 11 is 0. The first kappa shape index (κ1) is 13.5. The van der Waals surface area contributed by atoms with Crippen molar-refractivity contribution < 1.29 is 13.7 Å². The molecule has 6 heteroatoms. The molecule has 116 valence electrons. The fourth-order valence-electron chi connectivity index (χ4n) is 2.73. The largest absolute Gasteiger partial charge is 0.490 e. The van der Waals surface area contributed by atoms with E-state index in [2.05, 4.69) is 15.0 Å². The van der Waals surface area contributed by atoms with Crippen molar-refractivity contribution in [3.8, 4) is 5.75 Å². The molecular formula is C16H18FN3O2. The van der Waals surface area contributed by atoms with E-state index in [-0.39, 0.29) is 11.9 Å². The first-order chi connectivity index (χ1) is 10.8. The maximum atomic E-state index is 12.9. The fourth-order valence-corrected chi connectivity index (χ4v) is 2.73. The second-order valence-electron chi connectivity index (χ2n) is 5.97. The van der Waals surface area contributed by atoms with Crippen molar-refractivity contribution in [1.82, 2.24) is 10.1 Å². The van der Waals surface area contributed by atoms with Gasteiger partial charge in [-0.3, -0.25) is 0 Å². The fraction of sp³-hybridized carbons (Fsp3) is 0.500. The first-order valence-electron chi connectivity index (χ1n) is 7.79. The molecule has 0 atom stereocenters. The molecule has 1 aromatic heterocycles. The van der Waals surface area contributed by atoms with Gasteiger partial charge in [-0.15, -0.1) is 0 Å². The second kappa shape index (κ2) is 5.59. The molecule has 1 saturated carbocycles. The van der Waals surface area contributed by atoms with Gasteiger partial charge in [-0.25, -0.2) is 4.39 Å². The minimum Gasteiger partial charge on any atom is -0.490 e. The highest BCUT2D eigenvalue weighted by Gasteiger charge is 2.30. The van der Waals surface area contributed by atoms with E-state index in [4.69, 9.17) is 9.26 Å². The molecule has 1 saturated heterocycles. The molecule has 0 spiro atoms. The number of piperidine rings is 1. The highest BCUT2D eigenvalue weighted by atomic mass is 19.1. The quantitative estimate of drug-likeness (QED) is 0.868. The number of rotatable bonds is 4. The molecule has 0 radical (unpaired) electrons. The highest BCUT2D eigenvalue weighted by Crippen LogP contribution is 2.39. The summed E-state index contributed by atoms with van der Waals surface area (Å²) < 4.78 is 24.1. The van der Waals surface area contributed by atoms with Crippen LogP contribution in [0, 0.1) is 5.82 Å². The van der Waals surface area contributed by atoms with E-state index in [1.54, 1.807) is 12.1 Å². The van der Waals surface area contributed by atoms with E-state index < -0.39 is 0 Å². The minimum atomic E-state index is -0.245. The normalized spacial score (nSPS) is 19.4. The summed E-state index contributed by atoms with van der Waals surface area (Å²) in [5.74, 6) is 1.83. The van der Waals surface area contributed by atoms with Gasteiger partial charge in [-0.05, 0) is 37.1 Å². The van der Waals surface area contributed by atoms with Crippen molar-refractivity contribution in [2.24, 2.45) is 0 Å². The number of nitrogens with zero attached hydrogens (tertiary/aromatic N) is 3. The minimum absolute atomic E-state index is 0.146. The molecule has 2 fully saturated rings. The van der Waals surface area contributed by atoms with Gasteiger partial charge < -0.3 is 14.2 Å². The number of hydrogen-bond acceptors (Lipinski definition) is 5. The molecule has 4 rings (SSSR count). The lowest BCUT2D eigenvalue weighted by atomic mass is 10.1. The Bertz CT molecular complexity index is 631. The van der Waals surface area contributed by atoms with Gasteiger partial charge in [0.2, 0.25) is 0 Å². The third kappa shape index (κ3) is 2.91. The number of anilines is 1.